The van der Waals surface area contributed by atoms with Gasteiger partial charge in [-0.1, -0.05) is 13.8 Å². The van der Waals surface area contributed by atoms with Crippen molar-refractivity contribution in [1.29, 1.82) is 0 Å². The monoisotopic (exact) mass is 379 g/mol. The molecular weight excluding hydrogens is 353 g/mol. The summed E-state index contributed by atoms with van der Waals surface area (Å²) in [7, 11) is 0. The zero-order valence-electron chi connectivity index (χ0n) is 13.8. The van der Waals surface area contributed by atoms with E-state index < -0.39 is 0 Å². The Morgan fingerprint density at radius 3 is 2.61 bits per heavy atom. The second-order valence-corrected chi connectivity index (χ2v) is 7.89. The molecule has 1 amide bonds. The molecule has 2 saturated heterocycles. The molecule has 0 atom stereocenters. The van der Waals surface area contributed by atoms with Crippen molar-refractivity contribution in [2.45, 2.75) is 39.5 Å². The number of thiazole rings is 1. The molecule has 1 aromatic rings. The third-order valence-corrected chi connectivity index (χ3v) is 5.67. The Bertz CT molecular complexity index is 505. The number of piperidine rings is 1. The summed E-state index contributed by atoms with van der Waals surface area (Å²) >= 11 is 1.62. The summed E-state index contributed by atoms with van der Waals surface area (Å²) in [6.07, 6.45) is 4.50. The Morgan fingerprint density at radius 2 is 2.04 bits per heavy atom. The largest absolute Gasteiger partial charge is 0.337 e. The average molecular weight is 380 g/mol. The quantitative estimate of drug-likeness (QED) is 0.874. The minimum absolute atomic E-state index is 0. The van der Waals surface area contributed by atoms with Crippen molar-refractivity contribution in [1.82, 2.24) is 15.2 Å². The average Bonchev–Trinajstić information content (AvgIpc) is 3.09. The third kappa shape index (κ3) is 4.81. The zero-order chi connectivity index (χ0) is 14.9. The van der Waals surface area contributed by atoms with Crippen LogP contribution in [0.3, 0.4) is 0 Å². The van der Waals surface area contributed by atoms with Crippen molar-refractivity contribution in [2.24, 2.45) is 11.3 Å². The summed E-state index contributed by atoms with van der Waals surface area (Å²) in [5.41, 5.74) is 1.11. The highest BCUT2D eigenvalue weighted by Crippen LogP contribution is 2.37. The summed E-state index contributed by atoms with van der Waals surface area (Å²) < 4.78 is 0. The molecule has 3 heterocycles. The number of amides is 1. The standard InChI is InChI=1S/C16H25N3OS.2ClH/c1-12(2)9-14-18-13(10-21-14)15(20)19-7-4-16(5-8-19)3-6-17-11-16;;/h10,12,17H,3-9,11H2,1-2H3;2*1H. The first-order chi connectivity index (χ1) is 10.1. The molecule has 4 nitrogen and oxygen atoms in total. The highest BCUT2D eigenvalue weighted by atomic mass is 35.5. The topological polar surface area (TPSA) is 45.2 Å². The zero-order valence-corrected chi connectivity index (χ0v) is 16.3. The number of hydrogen-bond acceptors (Lipinski definition) is 4. The van der Waals surface area contributed by atoms with Crippen LogP contribution in [-0.2, 0) is 6.42 Å². The molecule has 2 aliphatic rings. The Morgan fingerprint density at radius 1 is 1.35 bits per heavy atom. The van der Waals surface area contributed by atoms with E-state index in [9.17, 15) is 4.79 Å². The minimum Gasteiger partial charge on any atom is -0.337 e. The number of carbonyl (C=O) groups is 1. The summed E-state index contributed by atoms with van der Waals surface area (Å²) in [5.74, 6) is 0.714. The van der Waals surface area contributed by atoms with Crippen LogP contribution >= 0.6 is 36.2 Å². The van der Waals surface area contributed by atoms with Gasteiger partial charge in [0.2, 0.25) is 0 Å². The second kappa shape index (κ2) is 8.65. The molecule has 1 spiro atoms. The number of rotatable bonds is 3. The van der Waals surface area contributed by atoms with Gasteiger partial charge in [0, 0.05) is 31.4 Å². The fourth-order valence-electron chi connectivity index (χ4n) is 3.42. The molecule has 0 aromatic carbocycles. The summed E-state index contributed by atoms with van der Waals surface area (Å²) in [6, 6.07) is 0. The molecule has 132 valence electrons. The smallest absolute Gasteiger partial charge is 0.273 e. The maximum atomic E-state index is 12.6. The molecule has 23 heavy (non-hydrogen) atoms. The van der Waals surface area contributed by atoms with E-state index in [4.69, 9.17) is 0 Å². The van der Waals surface area contributed by atoms with Gasteiger partial charge >= 0.3 is 0 Å². The summed E-state index contributed by atoms with van der Waals surface area (Å²) in [4.78, 5) is 19.1. The number of aromatic nitrogens is 1. The van der Waals surface area contributed by atoms with Crippen LogP contribution in [0.25, 0.3) is 0 Å². The fourth-order valence-corrected chi connectivity index (χ4v) is 4.40. The van der Waals surface area contributed by atoms with Gasteiger partial charge in [0.1, 0.15) is 5.69 Å². The Labute approximate surface area is 155 Å². The van der Waals surface area contributed by atoms with E-state index in [0.717, 1.165) is 50.4 Å². The number of nitrogens with one attached hydrogen (secondary N) is 1. The molecule has 0 radical (unpaired) electrons. The lowest BCUT2D eigenvalue weighted by Crippen LogP contribution is -2.44. The number of halogens is 2. The van der Waals surface area contributed by atoms with Gasteiger partial charge in [-0.2, -0.15) is 0 Å². The predicted octanol–water partition coefficient (Wildman–Crippen LogP) is 3.40. The van der Waals surface area contributed by atoms with E-state index in [0.29, 0.717) is 17.0 Å². The number of likely N-dealkylation sites (tertiary alicyclic amines) is 1. The van der Waals surface area contributed by atoms with Crippen molar-refractivity contribution in [2.75, 3.05) is 26.2 Å². The molecule has 2 fully saturated rings. The summed E-state index contributed by atoms with van der Waals surface area (Å²) in [5, 5.41) is 6.48. The molecule has 0 saturated carbocycles. The molecule has 1 N–H and O–H groups in total. The maximum absolute atomic E-state index is 12.6. The molecule has 0 bridgehead atoms. The Balaban J connectivity index is 0.00000132. The van der Waals surface area contributed by atoms with E-state index in [2.05, 4.69) is 24.1 Å². The molecule has 3 rings (SSSR count). The molecule has 0 aliphatic carbocycles. The number of nitrogens with zero attached hydrogens (tertiary/aromatic N) is 2. The van der Waals surface area contributed by atoms with E-state index in [-0.39, 0.29) is 30.7 Å². The SMILES string of the molecule is CC(C)Cc1nc(C(=O)N2CCC3(CCNC3)CC2)cs1.Cl.Cl. The summed E-state index contributed by atoms with van der Waals surface area (Å²) in [6.45, 7) is 8.41. The molecule has 0 unspecified atom stereocenters. The van der Waals surface area contributed by atoms with Crippen molar-refractivity contribution in [3.8, 4) is 0 Å². The van der Waals surface area contributed by atoms with Crippen molar-refractivity contribution >= 4 is 42.1 Å². The van der Waals surface area contributed by atoms with Gasteiger partial charge < -0.3 is 10.2 Å². The lowest BCUT2D eigenvalue weighted by molar-refractivity contribution is 0.0602. The van der Waals surface area contributed by atoms with Gasteiger partial charge in [-0.25, -0.2) is 4.98 Å². The van der Waals surface area contributed by atoms with Crippen LogP contribution in [0, 0.1) is 11.3 Å². The van der Waals surface area contributed by atoms with E-state index in [1.165, 1.54) is 6.42 Å². The molecule has 7 heteroatoms. The normalized spacial score (nSPS) is 19.5. The van der Waals surface area contributed by atoms with Gasteiger partial charge in [-0.05, 0) is 37.1 Å². The Kier molecular flexibility index (Phi) is 7.78. The minimum atomic E-state index is 0. The van der Waals surface area contributed by atoms with Gasteiger partial charge in [-0.15, -0.1) is 36.2 Å². The highest BCUT2D eigenvalue weighted by Gasteiger charge is 2.38. The third-order valence-electron chi connectivity index (χ3n) is 4.80. The van der Waals surface area contributed by atoms with Crippen LogP contribution in [0.5, 0.6) is 0 Å². The van der Waals surface area contributed by atoms with Crippen LogP contribution in [0.15, 0.2) is 5.38 Å². The predicted molar refractivity (Wildman–Crippen MR) is 100 cm³/mol. The van der Waals surface area contributed by atoms with Crippen LogP contribution in [0.2, 0.25) is 0 Å². The maximum Gasteiger partial charge on any atom is 0.273 e. The number of hydrogen-bond donors (Lipinski definition) is 1. The van der Waals surface area contributed by atoms with E-state index >= 15 is 0 Å². The van der Waals surface area contributed by atoms with Crippen molar-refractivity contribution in [3.05, 3.63) is 16.1 Å². The van der Waals surface area contributed by atoms with E-state index in [1.807, 2.05) is 10.3 Å². The highest BCUT2D eigenvalue weighted by molar-refractivity contribution is 7.09. The van der Waals surface area contributed by atoms with Crippen LogP contribution in [-0.4, -0.2) is 42.0 Å². The van der Waals surface area contributed by atoms with Gasteiger partial charge in [0.05, 0.1) is 5.01 Å². The first kappa shape index (κ1) is 20.7. The molecule has 1 aromatic heterocycles. The van der Waals surface area contributed by atoms with Gasteiger partial charge in [0.25, 0.3) is 5.91 Å². The van der Waals surface area contributed by atoms with Crippen LogP contribution < -0.4 is 5.32 Å². The van der Waals surface area contributed by atoms with Crippen LogP contribution in [0.4, 0.5) is 0 Å². The lowest BCUT2D eigenvalue weighted by Gasteiger charge is -2.38. The van der Waals surface area contributed by atoms with Crippen molar-refractivity contribution < 1.29 is 4.79 Å². The molecule has 2 aliphatic heterocycles. The second-order valence-electron chi connectivity index (χ2n) is 6.94. The Hall–Kier alpha value is -0.360. The van der Waals surface area contributed by atoms with E-state index in [1.54, 1.807) is 11.3 Å². The lowest BCUT2D eigenvalue weighted by atomic mass is 9.78. The fraction of sp³-hybridized carbons (Fsp3) is 0.750. The van der Waals surface area contributed by atoms with Crippen LogP contribution in [0.1, 0.15) is 48.6 Å². The first-order valence-electron chi connectivity index (χ1n) is 8.02. The van der Waals surface area contributed by atoms with Crippen molar-refractivity contribution in [3.63, 3.8) is 0 Å². The first-order valence-corrected chi connectivity index (χ1v) is 8.90. The van der Waals surface area contributed by atoms with Gasteiger partial charge in [-0.3, -0.25) is 4.79 Å². The van der Waals surface area contributed by atoms with Gasteiger partial charge in [0.15, 0.2) is 0 Å². The number of carbonyl (C=O) groups excluding carboxylic acids is 1. The molecular formula is C16H27Cl2N3OS.